The molecule has 0 radical (unpaired) electrons. The van der Waals surface area contributed by atoms with Gasteiger partial charge in [-0.15, -0.1) is 0 Å². The maximum absolute atomic E-state index is 12.1. The third-order valence-electron chi connectivity index (χ3n) is 2.73. The molecule has 0 aliphatic rings. The Labute approximate surface area is 107 Å². The molecule has 1 atom stereocenters. The average molecular weight is 246 g/mol. The first-order valence-electron chi connectivity index (χ1n) is 5.94. The fourth-order valence-electron chi connectivity index (χ4n) is 1.51. The minimum absolute atomic E-state index is 0.118. The van der Waals surface area contributed by atoms with Crippen LogP contribution in [0.15, 0.2) is 18.3 Å². The van der Waals surface area contributed by atoms with E-state index in [0.29, 0.717) is 12.1 Å². The van der Waals surface area contributed by atoms with Crippen LogP contribution < -0.4 is 5.32 Å². The molecule has 1 amide bonds. The number of amides is 1. The van der Waals surface area contributed by atoms with Gasteiger partial charge in [-0.05, 0) is 26.0 Å². The summed E-state index contributed by atoms with van der Waals surface area (Å²) in [6.07, 6.45) is 1.92. The first-order chi connectivity index (χ1) is 8.60. The van der Waals surface area contributed by atoms with Gasteiger partial charge in [0.25, 0.3) is 5.91 Å². The fourth-order valence-corrected chi connectivity index (χ4v) is 1.51. The van der Waals surface area contributed by atoms with Crippen LogP contribution in [-0.2, 0) is 0 Å². The van der Waals surface area contributed by atoms with Crippen molar-refractivity contribution in [2.45, 2.75) is 26.3 Å². The summed E-state index contributed by atoms with van der Waals surface area (Å²) in [6, 6.07) is 5.48. The normalized spacial score (nSPS) is 11.4. The molecule has 0 aromatic carbocycles. The second kappa shape index (κ2) is 6.60. The van der Waals surface area contributed by atoms with Gasteiger partial charge >= 0.3 is 0 Å². The standard InChI is InChI=1S/C13H18N4O/c1-4-15-11-6-8-16-12(9-11)13(18)17(3)10(2)5-7-14/h6,8-10H,4-5H2,1-3H3,(H,15,16). The summed E-state index contributed by atoms with van der Waals surface area (Å²) in [5.41, 5.74) is 1.26. The van der Waals surface area contributed by atoms with Gasteiger partial charge in [-0.2, -0.15) is 5.26 Å². The molecule has 0 fully saturated rings. The zero-order valence-corrected chi connectivity index (χ0v) is 11.0. The highest BCUT2D eigenvalue weighted by molar-refractivity contribution is 5.93. The van der Waals surface area contributed by atoms with Crippen molar-refractivity contribution in [1.82, 2.24) is 9.88 Å². The Hall–Kier alpha value is -2.09. The zero-order chi connectivity index (χ0) is 13.5. The quantitative estimate of drug-likeness (QED) is 0.861. The number of nitriles is 1. The number of nitrogens with zero attached hydrogens (tertiary/aromatic N) is 3. The molecule has 1 rings (SSSR count). The Kier molecular flexibility index (Phi) is 5.12. The highest BCUT2D eigenvalue weighted by Crippen LogP contribution is 2.11. The molecule has 5 nitrogen and oxygen atoms in total. The third-order valence-corrected chi connectivity index (χ3v) is 2.73. The van der Waals surface area contributed by atoms with Crippen LogP contribution >= 0.6 is 0 Å². The van der Waals surface area contributed by atoms with Crippen LogP contribution in [0.2, 0.25) is 0 Å². The molecule has 0 saturated carbocycles. The highest BCUT2D eigenvalue weighted by Gasteiger charge is 2.18. The van der Waals surface area contributed by atoms with Crippen LogP contribution in [0.3, 0.4) is 0 Å². The van der Waals surface area contributed by atoms with Crippen molar-refractivity contribution in [1.29, 1.82) is 5.26 Å². The minimum atomic E-state index is -0.169. The minimum Gasteiger partial charge on any atom is -0.385 e. The molecule has 5 heteroatoms. The molecule has 1 heterocycles. The summed E-state index contributed by atoms with van der Waals surface area (Å²) in [5.74, 6) is -0.169. The number of pyridine rings is 1. The average Bonchev–Trinajstić information content (AvgIpc) is 2.38. The largest absolute Gasteiger partial charge is 0.385 e. The van der Waals surface area contributed by atoms with Crippen molar-refractivity contribution >= 4 is 11.6 Å². The first-order valence-corrected chi connectivity index (χ1v) is 5.94. The summed E-state index contributed by atoms with van der Waals surface area (Å²) in [5, 5.41) is 11.8. The Morgan fingerprint density at radius 3 is 3.00 bits per heavy atom. The van der Waals surface area contributed by atoms with E-state index >= 15 is 0 Å². The second-order valence-corrected chi connectivity index (χ2v) is 4.09. The molecule has 18 heavy (non-hydrogen) atoms. The number of nitrogens with one attached hydrogen (secondary N) is 1. The van der Waals surface area contributed by atoms with Crippen molar-refractivity contribution in [3.8, 4) is 6.07 Å². The van der Waals surface area contributed by atoms with Gasteiger partial charge in [-0.3, -0.25) is 9.78 Å². The molecule has 96 valence electrons. The van der Waals surface area contributed by atoms with Gasteiger partial charge in [0.05, 0.1) is 12.5 Å². The van der Waals surface area contributed by atoms with Gasteiger partial charge in [0.15, 0.2) is 0 Å². The van der Waals surface area contributed by atoms with E-state index in [1.54, 1.807) is 24.2 Å². The van der Waals surface area contributed by atoms with E-state index in [1.165, 1.54) is 0 Å². The molecule has 0 spiro atoms. The van der Waals surface area contributed by atoms with Crippen molar-refractivity contribution < 1.29 is 4.79 Å². The molecule has 1 unspecified atom stereocenters. The lowest BCUT2D eigenvalue weighted by Gasteiger charge is -2.22. The topological polar surface area (TPSA) is 69.0 Å². The SMILES string of the molecule is CCNc1ccnc(C(=O)N(C)C(C)CC#N)c1. The van der Waals surface area contributed by atoms with Gasteiger partial charge in [-0.1, -0.05) is 0 Å². The predicted molar refractivity (Wildman–Crippen MR) is 70.2 cm³/mol. The van der Waals surface area contributed by atoms with E-state index in [0.717, 1.165) is 12.2 Å². The number of aromatic nitrogens is 1. The Morgan fingerprint density at radius 1 is 1.67 bits per heavy atom. The fraction of sp³-hybridized carbons (Fsp3) is 0.462. The van der Waals surface area contributed by atoms with Crippen molar-refractivity contribution in [2.75, 3.05) is 18.9 Å². The smallest absolute Gasteiger partial charge is 0.272 e. The van der Waals surface area contributed by atoms with Crippen molar-refractivity contribution in [2.24, 2.45) is 0 Å². The summed E-state index contributed by atoms with van der Waals surface area (Å²) in [7, 11) is 1.69. The molecule has 1 N–H and O–H groups in total. The van der Waals surface area contributed by atoms with Gasteiger partial charge in [-0.25, -0.2) is 0 Å². The Balaban J connectivity index is 2.83. The second-order valence-electron chi connectivity index (χ2n) is 4.09. The number of hydrogen-bond donors (Lipinski definition) is 1. The van der Waals surface area contributed by atoms with Gasteiger partial charge in [0.1, 0.15) is 5.69 Å². The van der Waals surface area contributed by atoms with E-state index < -0.39 is 0 Å². The van der Waals surface area contributed by atoms with E-state index in [-0.39, 0.29) is 11.9 Å². The first kappa shape index (κ1) is 14.0. The Morgan fingerprint density at radius 2 is 2.39 bits per heavy atom. The summed E-state index contributed by atoms with van der Waals surface area (Å²) >= 11 is 0. The summed E-state index contributed by atoms with van der Waals surface area (Å²) in [4.78, 5) is 17.8. The molecule has 0 bridgehead atoms. The molecule has 0 aliphatic heterocycles. The van der Waals surface area contributed by atoms with Gasteiger partial charge in [0.2, 0.25) is 0 Å². The molecule has 1 aromatic heterocycles. The Bertz CT molecular complexity index is 453. The van der Waals surface area contributed by atoms with E-state index in [9.17, 15) is 4.79 Å². The van der Waals surface area contributed by atoms with Crippen LogP contribution in [0.4, 0.5) is 5.69 Å². The maximum atomic E-state index is 12.1. The van der Waals surface area contributed by atoms with Gasteiger partial charge in [0, 0.05) is 31.5 Å². The lowest BCUT2D eigenvalue weighted by molar-refractivity contribution is 0.0740. The van der Waals surface area contributed by atoms with Crippen molar-refractivity contribution in [3.05, 3.63) is 24.0 Å². The predicted octanol–water partition coefficient (Wildman–Crippen LogP) is 1.89. The van der Waals surface area contributed by atoms with Crippen LogP contribution in [0, 0.1) is 11.3 Å². The maximum Gasteiger partial charge on any atom is 0.272 e. The highest BCUT2D eigenvalue weighted by atomic mass is 16.2. The van der Waals surface area contributed by atoms with E-state index in [1.807, 2.05) is 19.9 Å². The third kappa shape index (κ3) is 3.45. The lowest BCUT2D eigenvalue weighted by Crippen LogP contribution is -2.35. The van der Waals surface area contributed by atoms with Crippen LogP contribution in [0.25, 0.3) is 0 Å². The molecular formula is C13H18N4O. The number of hydrogen-bond acceptors (Lipinski definition) is 4. The number of anilines is 1. The molecule has 1 aromatic rings. The monoisotopic (exact) mass is 246 g/mol. The molecule has 0 saturated heterocycles. The van der Waals surface area contributed by atoms with Crippen molar-refractivity contribution in [3.63, 3.8) is 0 Å². The van der Waals surface area contributed by atoms with E-state index in [4.69, 9.17) is 5.26 Å². The number of carbonyl (C=O) groups excluding carboxylic acids is 1. The summed E-state index contributed by atoms with van der Waals surface area (Å²) < 4.78 is 0. The van der Waals surface area contributed by atoms with Gasteiger partial charge < -0.3 is 10.2 Å². The lowest BCUT2D eigenvalue weighted by atomic mass is 10.2. The van der Waals surface area contributed by atoms with E-state index in [2.05, 4.69) is 16.4 Å². The van der Waals surface area contributed by atoms with Crippen LogP contribution in [-0.4, -0.2) is 35.4 Å². The summed E-state index contributed by atoms with van der Waals surface area (Å²) in [6.45, 7) is 4.62. The number of carbonyl (C=O) groups is 1. The molecular weight excluding hydrogens is 228 g/mol. The molecule has 0 aliphatic carbocycles. The zero-order valence-electron chi connectivity index (χ0n) is 11.0. The van der Waals surface area contributed by atoms with Crippen LogP contribution in [0.5, 0.6) is 0 Å². The number of rotatable bonds is 5. The van der Waals surface area contributed by atoms with Crippen LogP contribution in [0.1, 0.15) is 30.8 Å².